The van der Waals surface area contributed by atoms with Crippen LogP contribution in [-0.4, -0.2) is 74.3 Å². The molecule has 1 saturated carbocycles. The highest BCUT2D eigenvalue weighted by Gasteiger charge is 2.27. The second-order valence-electron chi connectivity index (χ2n) is 12.3. The Morgan fingerprint density at radius 3 is 2.58 bits per heavy atom. The van der Waals surface area contributed by atoms with Gasteiger partial charge in [-0.3, -0.25) is 4.79 Å². The van der Waals surface area contributed by atoms with E-state index in [-0.39, 0.29) is 18.4 Å². The molecule has 6 rings (SSSR count). The molecule has 0 atom stereocenters. The second kappa shape index (κ2) is 14.9. The predicted molar refractivity (Wildman–Crippen MR) is 186 cm³/mol. The van der Waals surface area contributed by atoms with Gasteiger partial charge >= 0.3 is 12.0 Å². The molecule has 48 heavy (non-hydrogen) atoms. The fourth-order valence-corrected chi connectivity index (χ4v) is 7.04. The van der Waals surface area contributed by atoms with Crippen LogP contribution in [0.3, 0.4) is 0 Å². The van der Waals surface area contributed by atoms with Crippen molar-refractivity contribution in [2.45, 2.75) is 65.3 Å². The van der Waals surface area contributed by atoms with Crippen LogP contribution in [-0.2, 0) is 20.9 Å². The molecule has 1 aromatic carbocycles. The minimum Gasteiger partial charge on any atom is -0.478 e. The maximum absolute atomic E-state index is 13.8. The number of benzene rings is 1. The highest BCUT2D eigenvalue weighted by Crippen LogP contribution is 2.37. The second-order valence-corrected chi connectivity index (χ2v) is 12.3. The molecule has 10 heteroatoms. The number of aromatic nitrogens is 4. The van der Waals surface area contributed by atoms with Crippen LogP contribution < -0.4 is 15.3 Å². The van der Waals surface area contributed by atoms with Crippen LogP contribution in [0.25, 0.3) is 45.6 Å². The first-order chi connectivity index (χ1) is 23.4. The average Bonchev–Trinajstić information content (AvgIpc) is 3.41. The summed E-state index contributed by atoms with van der Waals surface area (Å²) in [5, 5.41) is 12.2. The number of amides is 1. The van der Waals surface area contributed by atoms with E-state index in [2.05, 4.69) is 32.7 Å². The number of hydrogen-bond acceptors (Lipinski definition) is 7. The molecule has 0 radical (unpaired) electrons. The third-order valence-corrected chi connectivity index (χ3v) is 9.30. The molecule has 1 N–H and O–H groups in total. The van der Waals surface area contributed by atoms with Crippen LogP contribution in [0, 0.1) is 6.92 Å². The summed E-state index contributed by atoms with van der Waals surface area (Å²) in [6.45, 7) is 8.69. The number of carboxylic acids is 1. The Bertz CT molecular complexity index is 1970. The molecular weight excluding hydrogens is 606 g/mol. The lowest BCUT2D eigenvalue weighted by atomic mass is 9.82. The van der Waals surface area contributed by atoms with E-state index in [0.29, 0.717) is 38.9 Å². The first-order valence-electron chi connectivity index (χ1n) is 16.9. The number of rotatable bonds is 9. The summed E-state index contributed by atoms with van der Waals surface area (Å²) in [5.41, 5.74) is 6.44. The summed E-state index contributed by atoms with van der Waals surface area (Å²) in [5.74, 6) is -0.668. The van der Waals surface area contributed by atoms with Gasteiger partial charge in [-0.2, -0.15) is 4.98 Å². The van der Waals surface area contributed by atoms with E-state index in [1.165, 1.54) is 12.0 Å². The lowest BCUT2D eigenvalue weighted by molar-refractivity contribution is -0.136. The molecule has 1 aliphatic heterocycles. The Hall–Kier alpha value is -4.83. The van der Waals surface area contributed by atoms with Crippen molar-refractivity contribution >= 4 is 34.9 Å². The summed E-state index contributed by atoms with van der Waals surface area (Å²) in [4.78, 5) is 40.9. The number of fused-ring (bicyclic) bond motifs is 1. The van der Waals surface area contributed by atoms with Crippen molar-refractivity contribution in [3.05, 3.63) is 70.5 Å². The summed E-state index contributed by atoms with van der Waals surface area (Å²) >= 11 is 0. The van der Waals surface area contributed by atoms with Gasteiger partial charge in [0.1, 0.15) is 6.54 Å². The lowest BCUT2D eigenvalue weighted by Gasteiger charge is -2.28. The number of aliphatic carboxylic acids is 1. The van der Waals surface area contributed by atoms with Gasteiger partial charge in [-0.1, -0.05) is 49.6 Å². The number of carboxylic acid groups (broad SMARTS) is 1. The Kier molecular flexibility index (Phi) is 10.3. The standard InChI is InChI=1S/C38H43N5O5/c1-4-33-29(12-9-13-35(45)46)36(26-10-7-6-8-11-26)37(43(33)24-34(44)42-18-20-47-21-19-42)28-15-16-31-27(22-28)14-17-32(41-31)30-23-39-38(48-5-2)40-25(30)3/h4,9,12-17,22-23,26H,5-8,10-11,18-21,24H2,1-3H3,(H,45,46)/b13-9+,29-12+,33-4+. The van der Waals surface area contributed by atoms with Gasteiger partial charge in [-0.05, 0) is 68.9 Å². The summed E-state index contributed by atoms with van der Waals surface area (Å²) in [7, 11) is 0. The smallest absolute Gasteiger partial charge is 0.328 e. The monoisotopic (exact) mass is 649 g/mol. The molecule has 0 bridgehead atoms. The molecule has 3 aromatic heterocycles. The molecule has 250 valence electrons. The van der Waals surface area contributed by atoms with Crippen LogP contribution in [0.5, 0.6) is 6.01 Å². The highest BCUT2D eigenvalue weighted by atomic mass is 16.5. The van der Waals surface area contributed by atoms with Gasteiger partial charge in [0.15, 0.2) is 0 Å². The zero-order valence-corrected chi connectivity index (χ0v) is 27.9. The SMILES string of the molecule is C\C=c1/c(=C\C=C\C(=O)O)c(C2CCCCC2)c(-c2ccc3nc(-c4cnc(OCC)nc4C)ccc3c2)n1CC(=O)N1CCOCC1. The number of hydrogen-bond donors (Lipinski definition) is 1. The van der Waals surface area contributed by atoms with Gasteiger partial charge in [0.25, 0.3) is 0 Å². The van der Waals surface area contributed by atoms with Gasteiger partial charge in [-0.15, -0.1) is 0 Å². The number of nitrogens with zero attached hydrogens (tertiary/aromatic N) is 5. The molecule has 4 heterocycles. The molecule has 2 aliphatic rings. The van der Waals surface area contributed by atoms with Gasteiger partial charge in [-0.25, -0.2) is 14.8 Å². The van der Waals surface area contributed by atoms with E-state index >= 15 is 0 Å². The lowest BCUT2D eigenvalue weighted by Crippen LogP contribution is -2.44. The van der Waals surface area contributed by atoms with E-state index in [1.807, 2.05) is 50.0 Å². The van der Waals surface area contributed by atoms with Gasteiger partial charge in [0, 0.05) is 46.9 Å². The number of pyridine rings is 1. The fourth-order valence-electron chi connectivity index (χ4n) is 7.04. The van der Waals surface area contributed by atoms with Crippen molar-refractivity contribution < 1.29 is 24.2 Å². The number of carbonyl (C=O) groups excluding carboxylic acids is 1. The molecule has 0 unspecified atom stereocenters. The maximum atomic E-state index is 13.8. The predicted octanol–water partition coefficient (Wildman–Crippen LogP) is 5.00. The molecule has 4 aromatic rings. The van der Waals surface area contributed by atoms with E-state index in [9.17, 15) is 14.7 Å². The van der Waals surface area contributed by atoms with E-state index in [0.717, 1.165) is 81.4 Å². The quantitative estimate of drug-likeness (QED) is 0.252. The Morgan fingerprint density at radius 1 is 1.08 bits per heavy atom. The fraction of sp³-hybridized carbons (Fsp3) is 0.395. The zero-order chi connectivity index (χ0) is 33.6. The zero-order valence-electron chi connectivity index (χ0n) is 27.9. The van der Waals surface area contributed by atoms with Crippen LogP contribution >= 0.6 is 0 Å². The number of aryl methyl sites for hydroxylation is 1. The minimum absolute atomic E-state index is 0.0421. The van der Waals surface area contributed by atoms with E-state index < -0.39 is 5.97 Å². The van der Waals surface area contributed by atoms with Crippen LogP contribution in [0.15, 0.2) is 48.7 Å². The Morgan fingerprint density at radius 2 is 1.88 bits per heavy atom. The Labute approximate surface area is 280 Å². The number of ether oxygens (including phenoxy) is 2. The maximum Gasteiger partial charge on any atom is 0.328 e. The Balaban J connectivity index is 1.51. The number of morpholine rings is 1. The van der Waals surface area contributed by atoms with Gasteiger partial charge in [0.2, 0.25) is 5.91 Å². The summed E-state index contributed by atoms with van der Waals surface area (Å²) in [6, 6.07) is 10.7. The molecule has 1 amide bonds. The molecule has 10 nitrogen and oxygen atoms in total. The highest BCUT2D eigenvalue weighted by molar-refractivity contribution is 5.87. The third-order valence-electron chi connectivity index (χ3n) is 9.30. The van der Waals surface area contributed by atoms with Crippen molar-refractivity contribution in [2.24, 2.45) is 0 Å². The van der Waals surface area contributed by atoms with Crippen molar-refractivity contribution in [3.8, 4) is 28.5 Å². The topological polar surface area (TPSA) is 120 Å². The number of carbonyl (C=O) groups is 2. The van der Waals surface area contributed by atoms with Gasteiger partial charge in [0.05, 0.1) is 42.4 Å². The van der Waals surface area contributed by atoms with Crippen molar-refractivity contribution in [2.75, 3.05) is 32.9 Å². The van der Waals surface area contributed by atoms with Crippen LogP contribution in [0.1, 0.15) is 63.1 Å². The third kappa shape index (κ3) is 7.04. The largest absolute Gasteiger partial charge is 0.478 e. The van der Waals surface area contributed by atoms with Crippen LogP contribution in [0.4, 0.5) is 0 Å². The normalized spacial score (nSPS) is 16.7. The van der Waals surface area contributed by atoms with E-state index in [1.54, 1.807) is 12.3 Å². The van der Waals surface area contributed by atoms with E-state index in [4.69, 9.17) is 14.5 Å². The summed E-state index contributed by atoms with van der Waals surface area (Å²) < 4.78 is 13.1. The van der Waals surface area contributed by atoms with Crippen molar-refractivity contribution in [1.82, 2.24) is 24.4 Å². The number of allylic oxidation sites excluding steroid dienone is 1. The molecule has 1 saturated heterocycles. The van der Waals surface area contributed by atoms with Gasteiger partial charge < -0.3 is 24.0 Å². The molecule has 1 aliphatic carbocycles. The first-order valence-corrected chi connectivity index (χ1v) is 16.9. The van der Waals surface area contributed by atoms with Crippen molar-refractivity contribution in [3.63, 3.8) is 0 Å². The molecule has 2 fully saturated rings. The summed E-state index contributed by atoms with van der Waals surface area (Å²) in [6.07, 6.45) is 14.0. The van der Waals surface area contributed by atoms with Crippen LogP contribution in [0.2, 0.25) is 0 Å². The minimum atomic E-state index is -0.997. The van der Waals surface area contributed by atoms with Crippen molar-refractivity contribution in [1.29, 1.82) is 0 Å². The molecule has 0 spiro atoms. The average molecular weight is 650 g/mol. The first kappa shape index (κ1) is 33.1. The molecular formula is C38H43N5O5.